The van der Waals surface area contributed by atoms with E-state index in [4.69, 9.17) is 0 Å². The molecule has 2 aliphatic heterocycles. The Morgan fingerprint density at radius 2 is 1.13 bits per heavy atom. The first kappa shape index (κ1) is 34.8. The Kier molecular flexibility index (Phi) is 8.18. The van der Waals surface area contributed by atoms with Gasteiger partial charge < -0.3 is 0 Å². The standard InChI is InChI=1S/C52H44BS2/c1-51(2,3)35-22-24-43-41(29-35)50-49-45(54-43)27-34(28-46(49)55-44-25-23-36(52(4,5)6)30-42(44)53-50)48-39-18-12-10-16-37(39)47(38-17-11-13-19-40(38)48)33-21-20-31-14-8-7-9-15-32(31)26-33/h7-13,15-30,50H,14H2,1-6H3. The van der Waals surface area contributed by atoms with Gasteiger partial charge in [0.1, 0.15) is 0 Å². The topological polar surface area (TPSA) is 0 Å². The van der Waals surface area contributed by atoms with Gasteiger partial charge in [0.05, 0.1) is 0 Å². The summed E-state index contributed by atoms with van der Waals surface area (Å²) in [5.41, 5.74) is 15.0. The quantitative estimate of drug-likeness (QED) is 0.128. The molecule has 7 aromatic rings. The van der Waals surface area contributed by atoms with Gasteiger partial charge in [-0.3, -0.25) is 0 Å². The van der Waals surface area contributed by atoms with Crippen LogP contribution in [0.3, 0.4) is 0 Å². The molecule has 1 atom stereocenters. The van der Waals surface area contributed by atoms with Gasteiger partial charge in [0.2, 0.25) is 0 Å². The Bertz CT molecular complexity index is 2730. The monoisotopic (exact) mass is 743 g/mol. The Morgan fingerprint density at radius 3 is 1.76 bits per heavy atom. The summed E-state index contributed by atoms with van der Waals surface area (Å²) < 4.78 is 0. The van der Waals surface area contributed by atoms with Gasteiger partial charge in [-0.2, -0.15) is 0 Å². The number of allylic oxidation sites excluding steroid dienone is 3. The van der Waals surface area contributed by atoms with Crippen molar-refractivity contribution in [3.8, 4) is 22.3 Å². The lowest BCUT2D eigenvalue weighted by Gasteiger charge is -2.31. The van der Waals surface area contributed by atoms with E-state index in [-0.39, 0.29) is 16.6 Å². The maximum absolute atomic E-state index is 2.57. The number of hydrogen-bond acceptors (Lipinski definition) is 2. The molecule has 3 heteroatoms. The number of fused-ring (bicyclic) bond motifs is 6. The van der Waals surface area contributed by atoms with E-state index < -0.39 is 0 Å². The first-order valence-electron chi connectivity index (χ1n) is 19.6. The highest BCUT2D eigenvalue weighted by molar-refractivity contribution is 8.00. The van der Waals surface area contributed by atoms with Crippen molar-refractivity contribution < 1.29 is 0 Å². The van der Waals surface area contributed by atoms with Crippen LogP contribution in [0.25, 0.3) is 49.9 Å². The molecule has 1 radical (unpaired) electrons. The minimum atomic E-state index is 0.0734. The molecule has 2 heterocycles. The van der Waals surface area contributed by atoms with Crippen LogP contribution in [-0.4, -0.2) is 7.28 Å². The van der Waals surface area contributed by atoms with E-state index in [1.165, 1.54) is 102 Å². The molecule has 0 saturated heterocycles. The largest absolute Gasteiger partial charge is 0.168 e. The second-order valence-corrected chi connectivity index (χ2v) is 19.7. The van der Waals surface area contributed by atoms with Gasteiger partial charge in [-0.05, 0) is 131 Å². The fourth-order valence-electron chi connectivity index (χ4n) is 8.83. The fraction of sp³-hybridized carbons (Fsp3) is 0.192. The molecule has 1 unspecified atom stereocenters. The molecule has 267 valence electrons. The van der Waals surface area contributed by atoms with Crippen molar-refractivity contribution in [2.75, 3.05) is 0 Å². The van der Waals surface area contributed by atoms with Crippen molar-refractivity contribution >= 4 is 63.9 Å². The second-order valence-electron chi connectivity index (χ2n) is 17.5. The Hall–Kier alpha value is -4.70. The van der Waals surface area contributed by atoms with Crippen LogP contribution >= 0.6 is 23.5 Å². The van der Waals surface area contributed by atoms with E-state index in [0.717, 1.165) is 6.42 Å². The van der Waals surface area contributed by atoms with Crippen LogP contribution < -0.4 is 5.46 Å². The highest BCUT2D eigenvalue weighted by Crippen LogP contribution is 2.54. The van der Waals surface area contributed by atoms with Crippen molar-refractivity contribution in [2.24, 2.45) is 0 Å². The minimum Gasteiger partial charge on any atom is -0.0903 e. The molecule has 0 spiro atoms. The summed E-state index contributed by atoms with van der Waals surface area (Å²) in [5, 5.41) is 5.18. The molecular formula is C52H44BS2. The molecule has 0 aromatic heterocycles. The zero-order valence-electron chi connectivity index (χ0n) is 32.5. The molecule has 0 saturated carbocycles. The number of rotatable bonds is 2. The van der Waals surface area contributed by atoms with Crippen molar-refractivity contribution in [1.82, 2.24) is 0 Å². The molecule has 1 aliphatic carbocycles. The summed E-state index contributed by atoms with van der Waals surface area (Å²) in [6.07, 6.45) is 9.79. The van der Waals surface area contributed by atoms with Gasteiger partial charge in [0.25, 0.3) is 0 Å². The lowest BCUT2D eigenvalue weighted by Crippen LogP contribution is -2.27. The van der Waals surface area contributed by atoms with Crippen molar-refractivity contribution in [3.05, 3.63) is 167 Å². The van der Waals surface area contributed by atoms with Gasteiger partial charge >= 0.3 is 0 Å². The summed E-state index contributed by atoms with van der Waals surface area (Å²) in [5.74, 6) is 0.176. The van der Waals surface area contributed by atoms with Gasteiger partial charge in [0, 0.05) is 19.6 Å². The van der Waals surface area contributed by atoms with Gasteiger partial charge in [0.15, 0.2) is 7.28 Å². The van der Waals surface area contributed by atoms with Crippen LogP contribution in [0.5, 0.6) is 0 Å². The fourth-order valence-corrected chi connectivity index (χ4v) is 11.3. The van der Waals surface area contributed by atoms with Crippen molar-refractivity contribution in [3.63, 3.8) is 0 Å². The summed E-state index contributed by atoms with van der Waals surface area (Å²) in [7, 11) is 2.57. The van der Waals surface area contributed by atoms with Crippen LogP contribution in [0.1, 0.15) is 80.7 Å². The maximum atomic E-state index is 2.57. The number of hydrogen-bond donors (Lipinski definition) is 0. The SMILES string of the molecule is CC(C)(C)c1ccc2c(c1)[B]C1c3cc(C(C)(C)C)ccc3Sc3cc(-c4c5ccccc5c(-c5ccc6c(c5)C=CC=CC6)c5ccccc45)cc(c31)S2. The van der Waals surface area contributed by atoms with E-state index in [0.29, 0.717) is 0 Å². The lowest BCUT2D eigenvalue weighted by molar-refractivity contribution is 0.588. The molecular weight excluding hydrogens is 700 g/mol. The predicted molar refractivity (Wildman–Crippen MR) is 240 cm³/mol. The predicted octanol–water partition coefficient (Wildman–Crippen LogP) is 14.1. The Labute approximate surface area is 335 Å². The Balaban J connectivity index is 1.22. The average molecular weight is 744 g/mol. The van der Waals surface area contributed by atoms with E-state index in [1.807, 2.05) is 23.5 Å². The van der Waals surface area contributed by atoms with Crippen LogP contribution in [-0.2, 0) is 17.3 Å². The minimum absolute atomic E-state index is 0.0734. The van der Waals surface area contributed by atoms with Gasteiger partial charge in [-0.15, -0.1) is 0 Å². The molecule has 0 N–H and O–H groups in total. The van der Waals surface area contributed by atoms with Crippen LogP contribution in [0, 0.1) is 0 Å². The summed E-state index contributed by atoms with van der Waals surface area (Å²) >= 11 is 3.91. The first-order valence-corrected chi connectivity index (χ1v) is 21.2. The first-order chi connectivity index (χ1) is 26.5. The molecule has 3 aliphatic rings. The highest BCUT2D eigenvalue weighted by Gasteiger charge is 2.35. The highest BCUT2D eigenvalue weighted by atomic mass is 32.2. The lowest BCUT2D eigenvalue weighted by atomic mass is 9.54. The summed E-state index contributed by atoms with van der Waals surface area (Å²) in [4.78, 5) is 5.42. The average Bonchev–Trinajstić information content (AvgIpc) is 3.50. The van der Waals surface area contributed by atoms with Crippen molar-refractivity contribution in [1.29, 1.82) is 0 Å². The molecule has 0 bridgehead atoms. The number of benzene rings is 7. The van der Waals surface area contributed by atoms with E-state index in [1.54, 1.807) is 0 Å². The third-order valence-electron chi connectivity index (χ3n) is 11.8. The normalized spacial score (nSPS) is 15.8. The van der Waals surface area contributed by atoms with E-state index >= 15 is 0 Å². The molecule has 0 amide bonds. The van der Waals surface area contributed by atoms with E-state index in [2.05, 4.69) is 188 Å². The summed E-state index contributed by atoms with van der Waals surface area (Å²) in [6.45, 7) is 13.9. The molecule has 10 rings (SSSR count). The molecule has 0 fully saturated rings. The third-order valence-corrected chi connectivity index (χ3v) is 14.1. The van der Waals surface area contributed by atoms with Crippen molar-refractivity contribution in [2.45, 2.75) is 84.2 Å². The maximum Gasteiger partial charge on any atom is 0.168 e. The molecule has 7 aromatic carbocycles. The smallest absolute Gasteiger partial charge is 0.0903 e. The van der Waals surface area contributed by atoms with E-state index in [9.17, 15) is 0 Å². The van der Waals surface area contributed by atoms with Crippen LogP contribution in [0.15, 0.2) is 153 Å². The molecule has 0 nitrogen and oxygen atoms in total. The van der Waals surface area contributed by atoms with Crippen LogP contribution in [0.2, 0.25) is 0 Å². The van der Waals surface area contributed by atoms with Gasteiger partial charge in [-0.25, -0.2) is 0 Å². The van der Waals surface area contributed by atoms with Gasteiger partial charge in [-0.1, -0.05) is 180 Å². The summed E-state index contributed by atoms with van der Waals surface area (Å²) in [6, 6.07) is 44.7. The molecule has 55 heavy (non-hydrogen) atoms. The van der Waals surface area contributed by atoms with Crippen LogP contribution in [0.4, 0.5) is 0 Å². The third kappa shape index (κ3) is 5.94. The zero-order valence-corrected chi connectivity index (χ0v) is 34.1. The second kappa shape index (κ2) is 12.9. The Morgan fingerprint density at radius 1 is 0.545 bits per heavy atom. The zero-order chi connectivity index (χ0) is 37.6.